The van der Waals surface area contributed by atoms with Crippen LogP contribution in [-0.4, -0.2) is 8.80 Å². The lowest BCUT2D eigenvalue weighted by molar-refractivity contribution is 1.69. The minimum absolute atomic E-state index is 0.111. The van der Waals surface area contributed by atoms with Gasteiger partial charge in [0.25, 0.3) is 0 Å². The van der Waals surface area contributed by atoms with Crippen LogP contribution in [0, 0.1) is 0 Å². The fraction of sp³-hybridized carbons (Fsp3) is 1.00. The summed E-state index contributed by atoms with van der Waals surface area (Å²) in [5.41, 5.74) is 0. The molecule has 1 aliphatic heterocycles. The van der Waals surface area contributed by atoms with Crippen molar-refractivity contribution in [2.45, 2.75) is 18.6 Å². The predicted octanol–water partition coefficient (Wildman–Crippen LogP) is 0.857. The normalized spacial score (nSPS) is 26.2. The average molecular weight is 72.2 g/mol. The first-order chi connectivity index (χ1) is 1.89. The Morgan fingerprint density at radius 2 is 1.75 bits per heavy atom. The molecule has 1 heteroatoms. The summed E-state index contributed by atoms with van der Waals surface area (Å²) in [6, 6.07) is 3.25. The van der Waals surface area contributed by atoms with Gasteiger partial charge >= 0.3 is 0 Å². The van der Waals surface area contributed by atoms with Crippen molar-refractivity contribution in [3.05, 3.63) is 0 Å². The molecule has 0 aromatic heterocycles. The van der Waals surface area contributed by atoms with Crippen molar-refractivity contribution in [1.29, 1.82) is 0 Å². The topological polar surface area (TPSA) is 0 Å². The number of rotatable bonds is 0. The fourth-order valence-corrected chi connectivity index (χ4v) is 1.50. The third-order valence-electron chi connectivity index (χ3n) is 0.866. The van der Waals surface area contributed by atoms with Crippen LogP contribution in [0.2, 0.25) is 18.6 Å². The average Bonchev–Trinajstić information content (AvgIpc) is 1.75. The summed E-state index contributed by atoms with van der Waals surface area (Å²) in [6.45, 7) is 2.42. The van der Waals surface area contributed by atoms with E-state index in [-0.39, 0.29) is 8.80 Å². The van der Waals surface area contributed by atoms with Gasteiger partial charge in [0.1, 0.15) is 0 Å². The summed E-state index contributed by atoms with van der Waals surface area (Å²) in [6.07, 6.45) is 0. The summed E-state index contributed by atoms with van der Waals surface area (Å²) in [5, 5.41) is 0. The van der Waals surface area contributed by atoms with E-state index in [2.05, 4.69) is 6.55 Å². The SMILES string of the molecule is C[SiH]1CC1. The van der Waals surface area contributed by atoms with Gasteiger partial charge in [0, 0.05) is 8.80 Å². The maximum atomic E-state index is 2.42. The van der Waals surface area contributed by atoms with Gasteiger partial charge in [0.2, 0.25) is 0 Å². The van der Waals surface area contributed by atoms with Gasteiger partial charge in [0.15, 0.2) is 0 Å². The van der Waals surface area contributed by atoms with Gasteiger partial charge in [-0.05, 0) is 0 Å². The number of hydrogen-bond donors (Lipinski definition) is 0. The Hall–Kier alpha value is 0.217. The summed E-state index contributed by atoms with van der Waals surface area (Å²) >= 11 is 0. The van der Waals surface area contributed by atoms with E-state index < -0.39 is 0 Å². The molecule has 0 bridgehead atoms. The summed E-state index contributed by atoms with van der Waals surface area (Å²) in [4.78, 5) is 0. The van der Waals surface area contributed by atoms with E-state index in [1.165, 1.54) is 0 Å². The lowest BCUT2D eigenvalue weighted by atomic mass is 11.0. The lowest BCUT2D eigenvalue weighted by Crippen LogP contribution is -1.63. The molecule has 0 nitrogen and oxygen atoms in total. The van der Waals surface area contributed by atoms with E-state index in [0.29, 0.717) is 0 Å². The minimum Gasteiger partial charge on any atom is -0.0720 e. The zero-order valence-electron chi connectivity index (χ0n) is 2.99. The summed E-state index contributed by atoms with van der Waals surface area (Å²) < 4.78 is 0. The molecule has 0 unspecified atom stereocenters. The van der Waals surface area contributed by atoms with Crippen LogP contribution >= 0.6 is 0 Å². The zero-order valence-corrected chi connectivity index (χ0v) is 4.15. The van der Waals surface area contributed by atoms with Crippen LogP contribution in [0.4, 0.5) is 0 Å². The Labute approximate surface area is 28.4 Å². The highest BCUT2D eigenvalue weighted by molar-refractivity contribution is 6.68. The van der Waals surface area contributed by atoms with Gasteiger partial charge in [-0.2, -0.15) is 0 Å². The molecule has 1 heterocycles. The molecular weight excluding hydrogens is 64.1 g/mol. The molecule has 0 spiro atoms. The molecule has 0 amide bonds. The zero-order chi connectivity index (χ0) is 2.99. The molecule has 0 aromatic rings. The molecule has 0 aliphatic carbocycles. The Morgan fingerprint density at radius 1 is 1.50 bits per heavy atom. The Kier molecular flexibility index (Phi) is 0.356. The van der Waals surface area contributed by atoms with E-state index in [1.807, 2.05) is 0 Å². The highest BCUT2D eigenvalue weighted by atomic mass is 28.3. The molecule has 0 radical (unpaired) electrons. The maximum Gasteiger partial charge on any atom is 0.0330 e. The molecule has 0 saturated carbocycles. The largest absolute Gasteiger partial charge is 0.0720 e. The first kappa shape index (κ1) is 2.45. The van der Waals surface area contributed by atoms with Gasteiger partial charge in [-0.25, -0.2) is 0 Å². The van der Waals surface area contributed by atoms with Gasteiger partial charge in [-0.1, -0.05) is 18.6 Å². The van der Waals surface area contributed by atoms with Crippen LogP contribution in [0.3, 0.4) is 0 Å². The fourth-order valence-electron chi connectivity index (χ4n) is 0.167. The monoisotopic (exact) mass is 72.0 g/mol. The van der Waals surface area contributed by atoms with Crippen LogP contribution in [0.25, 0.3) is 0 Å². The van der Waals surface area contributed by atoms with Crippen LogP contribution < -0.4 is 0 Å². The van der Waals surface area contributed by atoms with Crippen molar-refractivity contribution >= 4 is 8.80 Å². The number of hydrogen-bond acceptors (Lipinski definition) is 0. The Bertz CT molecular complexity index is 22.5. The molecule has 4 heavy (non-hydrogen) atoms. The summed E-state index contributed by atoms with van der Waals surface area (Å²) in [5.74, 6) is 0. The maximum absolute atomic E-state index is 2.42. The van der Waals surface area contributed by atoms with E-state index in [9.17, 15) is 0 Å². The molecule has 1 fully saturated rings. The highest BCUT2D eigenvalue weighted by Crippen LogP contribution is 2.19. The van der Waals surface area contributed by atoms with Crippen molar-refractivity contribution in [3.63, 3.8) is 0 Å². The third kappa shape index (κ3) is 0.317. The van der Waals surface area contributed by atoms with E-state index >= 15 is 0 Å². The van der Waals surface area contributed by atoms with Crippen LogP contribution in [0.1, 0.15) is 0 Å². The quantitative estimate of drug-likeness (QED) is 0.372. The molecule has 0 N–H and O–H groups in total. The van der Waals surface area contributed by atoms with Crippen molar-refractivity contribution in [2.24, 2.45) is 0 Å². The molecule has 0 aromatic carbocycles. The van der Waals surface area contributed by atoms with Gasteiger partial charge < -0.3 is 0 Å². The predicted molar refractivity (Wildman–Crippen MR) is 22.6 cm³/mol. The molecule has 1 aliphatic rings. The van der Waals surface area contributed by atoms with Gasteiger partial charge in [-0.3, -0.25) is 0 Å². The van der Waals surface area contributed by atoms with Crippen molar-refractivity contribution in [3.8, 4) is 0 Å². The first-order valence-electron chi connectivity index (χ1n) is 1.89. The summed E-state index contributed by atoms with van der Waals surface area (Å²) in [7, 11) is 0.111. The molecule has 0 atom stereocenters. The Morgan fingerprint density at radius 3 is 1.75 bits per heavy atom. The molecular formula is C3H8Si. The van der Waals surface area contributed by atoms with Crippen LogP contribution in [-0.2, 0) is 0 Å². The second-order valence-electron chi connectivity index (χ2n) is 1.68. The van der Waals surface area contributed by atoms with Crippen LogP contribution in [0.15, 0.2) is 0 Å². The Balaban J connectivity index is 2.17. The molecule has 1 rings (SSSR count). The minimum atomic E-state index is 0.111. The second kappa shape index (κ2) is 0.581. The third-order valence-corrected chi connectivity index (χ3v) is 2.60. The molecule has 1 saturated heterocycles. The van der Waals surface area contributed by atoms with E-state index in [1.54, 1.807) is 12.1 Å². The first-order valence-corrected chi connectivity index (χ1v) is 4.68. The van der Waals surface area contributed by atoms with Crippen molar-refractivity contribution < 1.29 is 0 Å². The highest BCUT2D eigenvalue weighted by Gasteiger charge is 2.14. The van der Waals surface area contributed by atoms with Gasteiger partial charge in [0.05, 0.1) is 0 Å². The van der Waals surface area contributed by atoms with Crippen LogP contribution in [0.5, 0.6) is 0 Å². The van der Waals surface area contributed by atoms with E-state index in [4.69, 9.17) is 0 Å². The molecule has 24 valence electrons. The van der Waals surface area contributed by atoms with Crippen molar-refractivity contribution in [2.75, 3.05) is 0 Å². The van der Waals surface area contributed by atoms with E-state index in [0.717, 1.165) is 0 Å². The van der Waals surface area contributed by atoms with Gasteiger partial charge in [-0.15, -0.1) is 0 Å². The van der Waals surface area contributed by atoms with Crippen molar-refractivity contribution in [1.82, 2.24) is 0 Å². The lowest BCUT2D eigenvalue weighted by Gasteiger charge is -1.49. The smallest absolute Gasteiger partial charge is 0.0330 e. The standard InChI is InChI=1S/C3H8Si/c1-4-2-3-4/h4H,2-3H2,1H3. The second-order valence-corrected chi connectivity index (χ2v) is 5.05.